The van der Waals surface area contributed by atoms with Gasteiger partial charge in [0, 0.05) is 29.4 Å². The number of carbonyl (C=O) groups is 2. The number of nitrogens with zero attached hydrogens (tertiary/aromatic N) is 1. The number of carbonyl (C=O) groups excluding carboxylic acids is 2. The smallest absolute Gasteiger partial charge is 0.337 e. The van der Waals surface area contributed by atoms with Gasteiger partial charge in [-0.2, -0.15) is 0 Å². The van der Waals surface area contributed by atoms with Crippen molar-refractivity contribution in [3.8, 4) is 5.75 Å². The molecule has 1 atom stereocenters. The fourth-order valence-corrected chi connectivity index (χ4v) is 3.27. The Bertz CT molecular complexity index is 736. The van der Waals surface area contributed by atoms with Gasteiger partial charge < -0.3 is 20.1 Å². The predicted octanol–water partition coefficient (Wildman–Crippen LogP) is 2.69. The lowest BCUT2D eigenvalue weighted by Crippen LogP contribution is -2.51. The monoisotopic (exact) mass is 395 g/mol. The fraction of sp³-hybridized carbons (Fsp3) is 0.474. The number of methoxy groups -OCH3 is 1. The number of urea groups is 1. The van der Waals surface area contributed by atoms with Crippen LogP contribution in [0.15, 0.2) is 29.5 Å². The van der Waals surface area contributed by atoms with Gasteiger partial charge in [0.05, 0.1) is 25.3 Å². The quantitative estimate of drug-likeness (QED) is 0.661. The molecular weight excluding hydrogens is 370 g/mol. The minimum atomic E-state index is -0.416. The third kappa shape index (κ3) is 5.37. The molecule has 0 saturated carbocycles. The highest BCUT2D eigenvalue weighted by Crippen LogP contribution is 2.24. The van der Waals surface area contributed by atoms with E-state index in [-0.39, 0.29) is 18.7 Å². The number of halogens is 1. The molecule has 0 aliphatic carbocycles. The zero-order chi connectivity index (χ0) is 20.0. The number of amides is 2. The molecular formula is C19H26ClN3O4. The molecule has 2 N–H and O–H groups in total. The molecule has 1 aliphatic heterocycles. The average molecular weight is 396 g/mol. The Hall–Kier alpha value is -2.25. The van der Waals surface area contributed by atoms with E-state index >= 15 is 0 Å². The summed E-state index contributed by atoms with van der Waals surface area (Å²) >= 11 is 6.10. The van der Waals surface area contributed by atoms with Crippen LogP contribution in [0.4, 0.5) is 4.79 Å². The number of hydrogen-bond donors (Lipinski definition) is 2. The number of esters is 1. The lowest BCUT2D eigenvalue weighted by molar-refractivity contribution is -0.139. The summed E-state index contributed by atoms with van der Waals surface area (Å²) in [6.45, 7) is 4.84. The maximum Gasteiger partial charge on any atom is 0.337 e. The summed E-state index contributed by atoms with van der Waals surface area (Å²) in [7, 11) is 3.50. The van der Waals surface area contributed by atoms with Gasteiger partial charge in [0.25, 0.3) is 0 Å². The SMILES string of the molecule is CCOC(=O)C1=C(CN(C)Cc2cc(Cl)ccc2OC)NC(=O)N[C@H]1CC. The van der Waals surface area contributed by atoms with Crippen molar-refractivity contribution in [1.29, 1.82) is 0 Å². The second-order valence-corrected chi connectivity index (χ2v) is 6.74. The van der Waals surface area contributed by atoms with Crippen LogP contribution in [0, 0.1) is 0 Å². The summed E-state index contributed by atoms with van der Waals surface area (Å²) in [6.07, 6.45) is 0.594. The number of ether oxygens (including phenoxy) is 2. The first kappa shape index (κ1) is 21.1. The minimum Gasteiger partial charge on any atom is -0.496 e. The minimum absolute atomic E-state index is 0.273. The van der Waals surface area contributed by atoms with Crippen LogP contribution >= 0.6 is 11.6 Å². The van der Waals surface area contributed by atoms with Gasteiger partial charge in [-0.25, -0.2) is 9.59 Å². The molecule has 2 rings (SSSR count). The summed E-state index contributed by atoms with van der Waals surface area (Å²) in [5.41, 5.74) is 1.93. The third-order valence-corrected chi connectivity index (χ3v) is 4.49. The number of likely N-dealkylation sites (N-methyl/N-ethyl adjacent to an activating group) is 1. The molecule has 27 heavy (non-hydrogen) atoms. The van der Waals surface area contributed by atoms with Gasteiger partial charge in [0.1, 0.15) is 5.75 Å². The Balaban J connectivity index is 2.26. The molecule has 0 bridgehead atoms. The molecule has 1 heterocycles. The summed E-state index contributed by atoms with van der Waals surface area (Å²) in [5.74, 6) is 0.312. The Labute approximate surface area is 164 Å². The van der Waals surface area contributed by atoms with Crippen LogP contribution in [0.5, 0.6) is 5.75 Å². The van der Waals surface area contributed by atoms with Gasteiger partial charge in [-0.1, -0.05) is 18.5 Å². The van der Waals surface area contributed by atoms with E-state index in [1.807, 2.05) is 31.0 Å². The second-order valence-electron chi connectivity index (χ2n) is 6.30. The Morgan fingerprint density at radius 1 is 1.30 bits per heavy atom. The average Bonchev–Trinajstić information content (AvgIpc) is 2.61. The van der Waals surface area contributed by atoms with Crippen LogP contribution in [0.2, 0.25) is 5.02 Å². The van der Waals surface area contributed by atoms with Crippen LogP contribution in [-0.2, 0) is 16.1 Å². The van der Waals surface area contributed by atoms with Crippen molar-refractivity contribution in [3.05, 3.63) is 40.1 Å². The largest absolute Gasteiger partial charge is 0.496 e. The lowest BCUT2D eigenvalue weighted by atomic mass is 10.00. The van der Waals surface area contributed by atoms with Crippen LogP contribution in [-0.4, -0.2) is 50.3 Å². The molecule has 0 spiro atoms. The standard InChI is InChI=1S/C19H26ClN3O4/c1-5-14-17(18(24)27-6-2)15(22-19(25)21-14)11-23(3)10-12-9-13(20)7-8-16(12)26-4/h7-9,14H,5-6,10-11H2,1-4H3,(H2,21,22,25)/t14-/m0/s1. The Kier molecular flexibility index (Phi) is 7.50. The van der Waals surface area contributed by atoms with E-state index in [4.69, 9.17) is 21.1 Å². The summed E-state index contributed by atoms with van der Waals surface area (Å²) < 4.78 is 10.6. The zero-order valence-corrected chi connectivity index (χ0v) is 16.9. The van der Waals surface area contributed by atoms with Crippen molar-refractivity contribution in [2.24, 2.45) is 0 Å². The van der Waals surface area contributed by atoms with Gasteiger partial charge in [-0.05, 0) is 38.6 Å². The Morgan fingerprint density at radius 3 is 2.67 bits per heavy atom. The van der Waals surface area contributed by atoms with E-state index in [2.05, 4.69) is 10.6 Å². The van der Waals surface area contributed by atoms with Crippen molar-refractivity contribution in [3.63, 3.8) is 0 Å². The van der Waals surface area contributed by atoms with Crippen LogP contribution in [0.25, 0.3) is 0 Å². The molecule has 0 unspecified atom stereocenters. The van der Waals surface area contributed by atoms with Crippen molar-refractivity contribution >= 4 is 23.6 Å². The topological polar surface area (TPSA) is 79.9 Å². The van der Waals surface area contributed by atoms with Crippen molar-refractivity contribution in [1.82, 2.24) is 15.5 Å². The molecule has 1 aromatic carbocycles. The highest BCUT2D eigenvalue weighted by atomic mass is 35.5. The summed E-state index contributed by atoms with van der Waals surface area (Å²) in [6, 6.07) is 4.73. The number of benzene rings is 1. The molecule has 148 valence electrons. The third-order valence-electron chi connectivity index (χ3n) is 4.26. The van der Waals surface area contributed by atoms with E-state index in [1.54, 1.807) is 20.1 Å². The first-order valence-corrected chi connectivity index (χ1v) is 9.25. The molecule has 1 aliphatic rings. The van der Waals surface area contributed by atoms with Gasteiger partial charge in [-0.3, -0.25) is 4.90 Å². The second kappa shape index (κ2) is 9.62. The van der Waals surface area contributed by atoms with Crippen molar-refractivity contribution in [2.75, 3.05) is 27.3 Å². The fourth-order valence-electron chi connectivity index (χ4n) is 3.07. The number of rotatable bonds is 8. The van der Waals surface area contributed by atoms with Crippen LogP contribution < -0.4 is 15.4 Å². The molecule has 2 amide bonds. The summed E-state index contributed by atoms with van der Waals surface area (Å²) in [5, 5.41) is 6.14. The van der Waals surface area contributed by atoms with Crippen LogP contribution in [0.1, 0.15) is 25.8 Å². The number of hydrogen-bond acceptors (Lipinski definition) is 5. The van der Waals surface area contributed by atoms with Gasteiger partial charge in [0.2, 0.25) is 0 Å². The zero-order valence-electron chi connectivity index (χ0n) is 16.1. The lowest BCUT2D eigenvalue weighted by Gasteiger charge is -2.30. The molecule has 1 aromatic rings. The first-order chi connectivity index (χ1) is 12.9. The summed E-state index contributed by atoms with van der Waals surface area (Å²) in [4.78, 5) is 26.4. The number of nitrogens with one attached hydrogen (secondary N) is 2. The normalized spacial score (nSPS) is 16.8. The van der Waals surface area contributed by atoms with Gasteiger partial charge in [0.15, 0.2) is 0 Å². The van der Waals surface area contributed by atoms with Crippen LogP contribution in [0.3, 0.4) is 0 Å². The molecule has 8 heteroatoms. The van der Waals surface area contributed by atoms with E-state index < -0.39 is 5.97 Å². The van der Waals surface area contributed by atoms with Crippen molar-refractivity contribution in [2.45, 2.75) is 32.9 Å². The van der Waals surface area contributed by atoms with Gasteiger partial charge in [-0.15, -0.1) is 0 Å². The van der Waals surface area contributed by atoms with E-state index in [0.29, 0.717) is 35.8 Å². The van der Waals surface area contributed by atoms with Crippen molar-refractivity contribution < 1.29 is 19.1 Å². The molecule has 0 aromatic heterocycles. The van der Waals surface area contributed by atoms with E-state index in [9.17, 15) is 9.59 Å². The molecule has 0 fully saturated rings. The van der Waals surface area contributed by atoms with E-state index in [0.717, 1.165) is 11.3 Å². The van der Waals surface area contributed by atoms with Gasteiger partial charge >= 0.3 is 12.0 Å². The maximum absolute atomic E-state index is 12.4. The highest BCUT2D eigenvalue weighted by molar-refractivity contribution is 6.30. The molecule has 0 saturated heterocycles. The predicted molar refractivity (Wildman–Crippen MR) is 104 cm³/mol. The first-order valence-electron chi connectivity index (χ1n) is 8.88. The Morgan fingerprint density at radius 2 is 2.04 bits per heavy atom. The van der Waals surface area contributed by atoms with E-state index in [1.165, 1.54) is 0 Å². The maximum atomic E-state index is 12.4. The highest BCUT2D eigenvalue weighted by Gasteiger charge is 2.31. The molecule has 0 radical (unpaired) electrons. The molecule has 7 nitrogen and oxygen atoms in total.